The Bertz CT molecular complexity index is 1800. The molecule has 0 N–H and O–H groups in total. The summed E-state index contributed by atoms with van der Waals surface area (Å²) in [5, 5.41) is 5.10. The number of rotatable bonds is 3. The summed E-state index contributed by atoms with van der Waals surface area (Å²) in [5.41, 5.74) is 4.41. The van der Waals surface area contributed by atoms with Gasteiger partial charge in [-0.1, -0.05) is 79.4 Å². The molecule has 0 aliphatic heterocycles. The zero-order valence-corrected chi connectivity index (χ0v) is 19.8. The SMILES string of the molecule is C=C/C=c1\c(=C(/C)c2cccc(-c3cccc4c3sc3ccccc34)n2)sc2ccccc12. The predicted octanol–water partition coefficient (Wildman–Crippen LogP) is 7.52. The van der Waals surface area contributed by atoms with E-state index in [1.165, 1.54) is 51.1 Å². The standard InChI is InChI=1S/C30H21NS2/c1-3-10-22-20-11-4-6-17-27(20)32-29(22)19(2)25-15-9-16-26(31-25)24-14-8-13-23-21-12-5-7-18-28(21)33-30(23)24/h3-18H,1H2,2H3/b22-10-,29-19-. The lowest BCUT2D eigenvalue weighted by Gasteiger charge is -2.06. The maximum atomic E-state index is 5.15. The van der Waals surface area contributed by atoms with Gasteiger partial charge in [-0.2, -0.15) is 0 Å². The molecule has 0 saturated heterocycles. The molecule has 6 rings (SSSR count). The minimum Gasteiger partial charge on any atom is -0.248 e. The molecule has 0 unspecified atom stereocenters. The number of aromatic nitrogens is 1. The zero-order valence-electron chi connectivity index (χ0n) is 18.2. The molecule has 3 heterocycles. The van der Waals surface area contributed by atoms with Crippen molar-refractivity contribution in [2.75, 3.05) is 0 Å². The predicted molar refractivity (Wildman–Crippen MR) is 146 cm³/mol. The van der Waals surface area contributed by atoms with E-state index in [4.69, 9.17) is 4.98 Å². The third-order valence-electron chi connectivity index (χ3n) is 6.07. The first kappa shape index (κ1) is 20.1. The number of hydrogen-bond acceptors (Lipinski definition) is 3. The second-order valence-electron chi connectivity index (χ2n) is 8.06. The maximum absolute atomic E-state index is 5.15. The van der Waals surface area contributed by atoms with Crippen molar-refractivity contribution in [1.82, 2.24) is 4.98 Å². The van der Waals surface area contributed by atoms with Crippen molar-refractivity contribution in [2.24, 2.45) is 0 Å². The number of pyridine rings is 1. The van der Waals surface area contributed by atoms with E-state index < -0.39 is 0 Å². The van der Waals surface area contributed by atoms with Crippen molar-refractivity contribution in [3.63, 3.8) is 0 Å². The van der Waals surface area contributed by atoms with Crippen LogP contribution in [-0.4, -0.2) is 4.98 Å². The third kappa shape index (κ3) is 3.32. The molecule has 3 aromatic carbocycles. The summed E-state index contributed by atoms with van der Waals surface area (Å²) in [6.45, 7) is 6.12. The molecule has 158 valence electrons. The summed E-state index contributed by atoms with van der Waals surface area (Å²) in [6.07, 6.45) is 3.98. The van der Waals surface area contributed by atoms with Crippen molar-refractivity contribution in [1.29, 1.82) is 0 Å². The van der Waals surface area contributed by atoms with Crippen LogP contribution in [0.3, 0.4) is 0 Å². The van der Waals surface area contributed by atoms with E-state index in [0.717, 1.165) is 11.4 Å². The molecule has 0 bridgehead atoms. The Morgan fingerprint density at radius 3 is 2.27 bits per heavy atom. The largest absolute Gasteiger partial charge is 0.248 e. The molecule has 33 heavy (non-hydrogen) atoms. The molecule has 0 fully saturated rings. The molecule has 0 aliphatic carbocycles. The lowest BCUT2D eigenvalue weighted by atomic mass is 10.1. The van der Waals surface area contributed by atoms with Crippen molar-refractivity contribution in [3.05, 3.63) is 113 Å². The Hall–Kier alpha value is -3.53. The van der Waals surface area contributed by atoms with E-state index >= 15 is 0 Å². The first-order chi connectivity index (χ1) is 16.2. The number of thiophene rings is 2. The summed E-state index contributed by atoms with van der Waals surface area (Å²) in [4.78, 5) is 5.15. The summed E-state index contributed by atoms with van der Waals surface area (Å²) >= 11 is 3.66. The summed E-state index contributed by atoms with van der Waals surface area (Å²) in [6, 6.07) is 30.1. The Kier molecular flexibility index (Phi) is 4.94. The number of allylic oxidation sites excluding steroid dienone is 1. The maximum Gasteiger partial charge on any atom is 0.0723 e. The first-order valence-electron chi connectivity index (χ1n) is 10.9. The van der Waals surface area contributed by atoms with Gasteiger partial charge in [0.2, 0.25) is 0 Å². The highest BCUT2D eigenvalue weighted by Crippen LogP contribution is 2.39. The Balaban J connectivity index is 1.59. The van der Waals surface area contributed by atoms with Crippen LogP contribution in [0.5, 0.6) is 0 Å². The number of benzene rings is 3. The van der Waals surface area contributed by atoms with Gasteiger partial charge in [0.05, 0.1) is 11.4 Å². The van der Waals surface area contributed by atoms with Gasteiger partial charge in [-0.05, 0) is 36.8 Å². The molecule has 0 aliphatic rings. The minimum absolute atomic E-state index is 1.01. The molecule has 0 atom stereocenters. The van der Waals surface area contributed by atoms with E-state index in [0.29, 0.717) is 0 Å². The highest BCUT2D eigenvalue weighted by atomic mass is 32.1. The van der Waals surface area contributed by atoms with E-state index in [2.05, 4.69) is 105 Å². The molecule has 6 aromatic rings. The summed E-state index contributed by atoms with van der Waals surface area (Å²) < 4.78 is 5.14. The van der Waals surface area contributed by atoms with Crippen LogP contribution in [-0.2, 0) is 0 Å². The summed E-state index contributed by atoms with van der Waals surface area (Å²) in [7, 11) is 0. The van der Waals surface area contributed by atoms with Crippen LogP contribution in [0.25, 0.3) is 53.2 Å². The van der Waals surface area contributed by atoms with Gasteiger partial charge in [-0.3, -0.25) is 0 Å². The molecule has 3 aromatic heterocycles. The van der Waals surface area contributed by atoms with E-state index in [1.54, 1.807) is 0 Å². The van der Waals surface area contributed by atoms with Crippen LogP contribution in [0.1, 0.15) is 12.6 Å². The first-order valence-corrected chi connectivity index (χ1v) is 12.6. The fourth-order valence-corrected chi connectivity index (χ4v) is 6.91. The van der Waals surface area contributed by atoms with Crippen molar-refractivity contribution >= 4 is 64.6 Å². The van der Waals surface area contributed by atoms with Crippen LogP contribution < -0.4 is 9.75 Å². The smallest absolute Gasteiger partial charge is 0.0723 e. The Labute approximate surface area is 200 Å². The Morgan fingerprint density at radius 2 is 1.45 bits per heavy atom. The van der Waals surface area contributed by atoms with Crippen LogP contribution >= 0.6 is 22.7 Å². The monoisotopic (exact) mass is 459 g/mol. The van der Waals surface area contributed by atoms with E-state index in [9.17, 15) is 0 Å². The molecule has 3 heteroatoms. The van der Waals surface area contributed by atoms with Gasteiger partial charge in [-0.15, -0.1) is 22.7 Å². The average Bonchev–Trinajstić information content (AvgIpc) is 3.42. The van der Waals surface area contributed by atoms with Gasteiger partial charge >= 0.3 is 0 Å². The fraction of sp³-hybridized carbons (Fsp3) is 0.0333. The zero-order chi connectivity index (χ0) is 22.4. The molecule has 0 saturated carbocycles. The lowest BCUT2D eigenvalue weighted by molar-refractivity contribution is 1.27. The molecular weight excluding hydrogens is 438 g/mol. The third-order valence-corrected chi connectivity index (χ3v) is 8.60. The second-order valence-corrected chi connectivity index (χ2v) is 10.2. The molecule has 0 amide bonds. The van der Waals surface area contributed by atoms with Crippen LogP contribution in [0.2, 0.25) is 0 Å². The van der Waals surface area contributed by atoms with Gasteiger partial charge in [-0.25, -0.2) is 4.98 Å². The molecule has 0 radical (unpaired) electrons. The Morgan fingerprint density at radius 1 is 0.758 bits per heavy atom. The van der Waals surface area contributed by atoms with E-state index in [-0.39, 0.29) is 0 Å². The van der Waals surface area contributed by atoms with E-state index in [1.807, 2.05) is 28.7 Å². The normalized spacial score (nSPS) is 13.2. The second kappa shape index (κ2) is 8.11. The topological polar surface area (TPSA) is 12.9 Å². The highest BCUT2D eigenvalue weighted by molar-refractivity contribution is 7.26. The molecule has 0 spiro atoms. The highest BCUT2D eigenvalue weighted by Gasteiger charge is 2.12. The quantitative estimate of drug-likeness (QED) is 0.267. The van der Waals surface area contributed by atoms with Gasteiger partial charge in [0, 0.05) is 45.6 Å². The number of hydrogen-bond donors (Lipinski definition) is 0. The van der Waals surface area contributed by atoms with Gasteiger partial charge < -0.3 is 0 Å². The average molecular weight is 460 g/mol. The van der Waals surface area contributed by atoms with Crippen molar-refractivity contribution < 1.29 is 0 Å². The lowest BCUT2D eigenvalue weighted by Crippen LogP contribution is -2.21. The summed E-state index contributed by atoms with van der Waals surface area (Å²) in [5.74, 6) is 0. The van der Waals surface area contributed by atoms with Gasteiger partial charge in [0.25, 0.3) is 0 Å². The minimum atomic E-state index is 1.01. The van der Waals surface area contributed by atoms with Gasteiger partial charge in [0.15, 0.2) is 0 Å². The number of fused-ring (bicyclic) bond motifs is 4. The molecule has 1 nitrogen and oxygen atoms in total. The van der Waals surface area contributed by atoms with Crippen LogP contribution in [0, 0.1) is 0 Å². The number of nitrogens with zero attached hydrogens (tertiary/aromatic N) is 1. The van der Waals surface area contributed by atoms with Gasteiger partial charge in [0.1, 0.15) is 0 Å². The molecular formula is C30H21NS2. The van der Waals surface area contributed by atoms with Crippen LogP contribution in [0.4, 0.5) is 0 Å². The van der Waals surface area contributed by atoms with Crippen LogP contribution in [0.15, 0.2) is 97.6 Å². The van der Waals surface area contributed by atoms with Crippen molar-refractivity contribution in [3.8, 4) is 11.3 Å². The van der Waals surface area contributed by atoms with Crippen molar-refractivity contribution in [2.45, 2.75) is 6.92 Å². The fourth-order valence-electron chi connectivity index (χ4n) is 4.49.